The number of carbonyl (C=O) groups excluding carboxylic acids is 1. The molecule has 0 aromatic heterocycles. The van der Waals surface area contributed by atoms with Gasteiger partial charge in [0.1, 0.15) is 16.9 Å². The van der Waals surface area contributed by atoms with Crippen LogP contribution in [-0.4, -0.2) is 16.7 Å². The Morgan fingerprint density at radius 3 is 2.47 bits per heavy atom. The number of ether oxygens (including phenoxy) is 1. The van der Waals surface area contributed by atoms with Crippen LogP contribution >= 0.6 is 0 Å². The molecule has 0 aliphatic rings. The van der Waals surface area contributed by atoms with E-state index in [1.165, 1.54) is 6.07 Å². The molecule has 0 saturated heterocycles. The maximum absolute atomic E-state index is 11.6. The second-order valence-electron chi connectivity index (χ2n) is 4.24. The number of rotatable bonds is 1. The second-order valence-corrected chi connectivity index (χ2v) is 4.24. The summed E-state index contributed by atoms with van der Waals surface area (Å²) in [6.07, 6.45) is 0. The lowest BCUT2D eigenvalue weighted by atomic mass is 10.1. The number of esters is 1. The fourth-order valence-electron chi connectivity index (χ4n) is 1.11. The second kappa shape index (κ2) is 3.81. The van der Waals surface area contributed by atoms with Crippen LogP contribution in [-0.2, 0) is 4.74 Å². The molecule has 82 valence electrons. The number of aromatic hydroxyl groups is 1. The van der Waals surface area contributed by atoms with E-state index in [0.29, 0.717) is 0 Å². The highest BCUT2D eigenvalue weighted by Gasteiger charge is 2.22. The third kappa shape index (κ3) is 2.87. The number of carbonyl (C=O) groups is 1. The summed E-state index contributed by atoms with van der Waals surface area (Å²) >= 11 is 0. The van der Waals surface area contributed by atoms with E-state index in [-0.39, 0.29) is 17.0 Å². The summed E-state index contributed by atoms with van der Waals surface area (Å²) in [6, 6.07) is 4.51. The van der Waals surface area contributed by atoms with E-state index in [0.717, 1.165) is 0 Å². The van der Waals surface area contributed by atoms with Gasteiger partial charge in [0.05, 0.1) is 0 Å². The predicted octanol–water partition coefficient (Wildman–Crippen LogP) is 1.93. The van der Waals surface area contributed by atoms with Crippen LogP contribution in [0.1, 0.15) is 31.1 Å². The lowest BCUT2D eigenvalue weighted by Gasteiger charge is -2.20. The lowest BCUT2D eigenvalue weighted by Crippen LogP contribution is -2.24. The average molecular weight is 209 g/mol. The molecule has 0 aliphatic heterocycles. The molecule has 0 radical (unpaired) electrons. The van der Waals surface area contributed by atoms with Crippen molar-refractivity contribution in [1.29, 1.82) is 0 Å². The third-order valence-electron chi connectivity index (χ3n) is 1.68. The molecule has 1 aromatic rings. The molecule has 4 nitrogen and oxygen atoms in total. The average Bonchev–Trinajstić information content (AvgIpc) is 1.99. The van der Waals surface area contributed by atoms with E-state index in [1.807, 2.05) is 0 Å². The highest BCUT2D eigenvalue weighted by atomic mass is 16.6. The summed E-state index contributed by atoms with van der Waals surface area (Å²) in [7, 11) is 0. The molecule has 15 heavy (non-hydrogen) atoms. The minimum atomic E-state index is -0.613. The first-order chi connectivity index (χ1) is 6.81. The molecule has 0 aliphatic carbocycles. The van der Waals surface area contributed by atoms with Gasteiger partial charge >= 0.3 is 5.97 Å². The van der Waals surface area contributed by atoms with Gasteiger partial charge in [0, 0.05) is 5.69 Å². The maximum Gasteiger partial charge on any atom is 0.344 e. The first-order valence-corrected chi connectivity index (χ1v) is 4.62. The van der Waals surface area contributed by atoms with E-state index in [4.69, 9.17) is 10.5 Å². The molecular weight excluding hydrogens is 194 g/mol. The van der Waals surface area contributed by atoms with Crippen LogP contribution < -0.4 is 5.73 Å². The fourth-order valence-corrected chi connectivity index (χ4v) is 1.11. The minimum Gasteiger partial charge on any atom is -0.507 e. The van der Waals surface area contributed by atoms with Gasteiger partial charge in [0.2, 0.25) is 0 Å². The van der Waals surface area contributed by atoms with E-state index < -0.39 is 11.6 Å². The van der Waals surface area contributed by atoms with E-state index >= 15 is 0 Å². The molecule has 0 amide bonds. The molecule has 0 fully saturated rings. The highest BCUT2D eigenvalue weighted by molar-refractivity contribution is 5.98. The Labute approximate surface area is 88.7 Å². The van der Waals surface area contributed by atoms with Crippen molar-refractivity contribution < 1.29 is 14.6 Å². The van der Waals surface area contributed by atoms with Crippen molar-refractivity contribution in [3.63, 3.8) is 0 Å². The Morgan fingerprint density at radius 2 is 2.00 bits per heavy atom. The number of hydrogen-bond acceptors (Lipinski definition) is 4. The van der Waals surface area contributed by atoms with Crippen LogP contribution in [0.3, 0.4) is 0 Å². The van der Waals surface area contributed by atoms with Gasteiger partial charge in [-0.05, 0) is 32.9 Å². The van der Waals surface area contributed by atoms with Crippen molar-refractivity contribution in [3.8, 4) is 5.75 Å². The van der Waals surface area contributed by atoms with Crippen LogP contribution in [0.25, 0.3) is 0 Å². The van der Waals surface area contributed by atoms with Crippen LogP contribution in [0.2, 0.25) is 0 Å². The molecule has 0 atom stereocenters. The SMILES string of the molecule is CC(C)(C)OC(=O)c1c(N)cccc1O. The first-order valence-electron chi connectivity index (χ1n) is 4.62. The van der Waals surface area contributed by atoms with Crippen LogP contribution in [0.5, 0.6) is 5.75 Å². The molecule has 1 rings (SSSR count). The molecule has 0 bridgehead atoms. The number of nitrogen functional groups attached to an aromatic ring is 1. The van der Waals surface area contributed by atoms with Crippen LogP contribution in [0, 0.1) is 0 Å². The van der Waals surface area contributed by atoms with Gasteiger partial charge in [0.15, 0.2) is 0 Å². The van der Waals surface area contributed by atoms with Crippen molar-refractivity contribution in [2.75, 3.05) is 5.73 Å². The van der Waals surface area contributed by atoms with E-state index in [9.17, 15) is 9.90 Å². The maximum atomic E-state index is 11.6. The number of nitrogens with two attached hydrogens (primary N) is 1. The predicted molar refractivity (Wildman–Crippen MR) is 57.7 cm³/mol. The Balaban J connectivity index is 3.02. The Hall–Kier alpha value is -1.71. The molecule has 0 saturated carbocycles. The topological polar surface area (TPSA) is 72.5 Å². The van der Waals surface area contributed by atoms with Crippen molar-refractivity contribution >= 4 is 11.7 Å². The first kappa shape index (κ1) is 11.4. The molecule has 3 N–H and O–H groups in total. The van der Waals surface area contributed by atoms with Gasteiger partial charge in [-0.3, -0.25) is 0 Å². The molecule has 4 heteroatoms. The zero-order valence-corrected chi connectivity index (χ0v) is 9.07. The van der Waals surface area contributed by atoms with Crippen molar-refractivity contribution in [1.82, 2.24) is 0 Å². The van der Waals surface area contributed by atoms with Gasteiger partial charge in [0.25, 0.3) is 0 Å². The quantitative estimate of drug-likeness (QED) is 0.547. The standard InChI is InChI=1S/C11H15NO3/c1-11(2,3)15-10(14)9-7(12)5-4-6-8(9)13/h4-6,13H,12H2,1-3H3. The van der Waals surface area contributed by atoms with Gasteiger partial charge in [-0.1, -0.05) is 6.07 Å². The molecule has 0 unspecified atom stereocenters. The summed E-state index contributed by atoms with van der Waals surface area (Å²) < 4.78 is 5.11. The van der Waals surface area contributed by atoms with Gasteiger partial charge in [-0.2, -0.15) is 0 Å². The van der Waals surface area contributed by atoms with Crippen molar-refractivity contribution in [2.45, 2.75) is 26.4 Å². The number of phenols is 1. The minimum absolute atomic E-state index is 0.0208. The largest absolute Gasteiger partial charge is 0.507 e. The fraction of sp³-hybridized carbons (Fsp3) is 0.364. The number of anilines is 1. The zero-order chi connectivity index (χ0) is 11.6. The molecule has 0 spiro atoms. The summed E-state index contributed by atoms with van der Waals surface area (Å²) in [4.78, 5) is 11.6. The van der Waals surface area contributed by atoms with Crippen molar-refractivity contribution in [3.05, 3.63) is 23.8 Å². The number of phenolic OH excluding ortho intramolecular Hbond substituents is 1. The normalized spacial score (nSPS) is 11.1. The monoisotopic (exact) mass is 209 g/mol. The van der Waals surface area contributed by atoms with E-state index in [1.54, 1.807) is 32.9 Å². The van der Waals surface area contributed by atoms with Gasteiger partial charge in [-0.15, -0.1) is 0 Å². The molecule has 0 heterocycles. The summed E-state index contributed by atoms with van der Waals surface area (Å²) in [6.45, 7) is 5.25. The van der Waals surface area contributed by atoms with E-state index in [2.05, 4.69) is 0 Å². The van der Waals surface area contributed by atoms with Gasteiger partial charge < -0.3 is 15.6 Å². The summed E-state index contributed by atoms with van der Waals surface area (Å²) in [5.74, 6) is -0.776. The van der Waals surface area contributed by atoms with Crippen LogP contribution in [0.4, 0.5) is 5.69 Å². The number of hydrogen-bond donors (Lipinski definition) is 2. The Morgan fingerprint density at radius 1 is 1.40 bits per heavy atom. The summed E-state index contributed by atoms with van der Waals surface area (Å²) in [5.41, 5.74) is 5.21. The Bertz CT molecular complexity index is 360. The van der Waals surface area contributed by atoms with Crippen molar-refractivity contribution in [2.24, 2.45) is 0 Å². The molecular formula is C11H15NO3. The highest BCUT2D eigenvalue weighted by Crippen LogP contribution is 2.25. The zero-order valence-electron chi connectivity index (χ0n) is 9.07. The van der Waals surface area contributed by atoms with Gasteiger partial charge in [-0.25, -0.2) is 4.79 Å². The Kier molecular flexibility index (Phi) is 2.88. The molecule has 1 aromatic carbocycles. The smallest absolute Gasteiger partial charge is 0.344 e. The third-order valence-corrected chi connectivity index (χ3v) is 1.68. The van der Waals surface area contributed by atoms with Crippen LogP contribution in [0.15, 0.2) is 18.2 Å². The lowest BCUT2D eigenvalue weighted by molar-refractivity contribution is 0.00682. The summed E-state index contributed by atoms with van der Waals surface area (Å²) in [5, 5.41) is 9.48. The number of benzene rings is 1.